The summed E-state index contributed by atoms with van der Waals surface area (Å²) in [5.74, 6) is 0.500. The van der Waals surface area contributed by atoms with Gasteiger partial charge < -0.3 is 10.1 Å². The van der Waals surface area contributed by atoms with E-state index in [1.807, 2.05) is 38.1 Å². The van der Waals surface area contributed by atoms with Gasteiger partial charge in [0.05, 0.1) is 4.90 Å². The van der Waals surface area contributed by atoms with Gasteiger partial charge in [-0.1, -0.05) is 35.9 Å². The van der Waals surface area contributed by atoms with Gasteiger partial charge in [0, 0.05) is 19.1 Å². The predicted molar refractivity (Wildman–Crippen MR) is 108 cm³/mol. The number of piperidine rings is 1. The van der Waals surface area contributed by atoms with Crippen molar-refractivity contribution in [2.24, 2.45) is 0 Å². The zero-order valence-electron chi connectivity index (χ0n) is 16.2. The van der Waals surface area contributed by atoms with Gasteiger partial charge in [-0.05, 0) is 50.5 Å². The third-order valence-electron chi connectivity index (χ3n) is 4.93. The van der Waals surface area contributed by atoms with Crippen molar-refractivity contribution in [3.8, 4) is 5.75 Å². The van der Waals surface area contributed by atoms with E-state index >= 15 is 0 Å². The van der Waals surface area contributed by atoms with Gasteiger partial charge in [-0.2, -0.15) is 4.31 Å². The van der Waals surface area contributed by atoms with Gasteiger partial charge in [0.2, 0.25) is 10.0 Å². The summed E-state index contributed by atoms with van der Waals surface area (Å²) < 4.78 is 32.5. The SMILES string of the molecule is Cc1ccc(S(=O)(=O)N2CCC(NC(=O)COc3ccccc3C)CC2)cc1. The first-order valence-electron chi connectivity index (χ1n) is 9.41. The molecule has 3 rings (SSSR count). The van der Waals surface area contributed by atoms with E-state index in [4.69, 9.17) is 4.74 Å². The molecule has 28 heavy (non-hydrogen) atoms. The van der Waals surface area contributed by atoms with Crippen LogP contribution in [0.5, 0.6) is 5.75 Å². The van der Waals surface area contributed by atoms with E-state index in [0.29, 0.717) is 36.6 Å². The Morgan fingerprint density at radius 2 is 1.71 bits per heavy atom. The first-order valence-corrected chi connectivity index (χ1v) is 10.8. The summed E-state index contributed by atoms with van der Waals surface area (Å²) in [5.41, 5.74) is 2.00. The summed E-state index contributed by atoms with van der Waals surface area (Å²) in [5, 5.41) is 2.94. The number of hydrogen-bond donors (Lipinski definition) is 1. The van der Waals surface area contributed by atoms with Crippen LogP contribution in [-0.4, -0.2) is 44.4 Å². The number of aryl methyl sites for hydroxylation is 2. The molecule has 1 heterocycles. The summed E-state index contributed by atoms with van der Waals surface area (Å²) in [7, 11) is -3.49. The number of sulfonamides is 1. The van der Waals surface area contributed by atoms with E-state index in [1.165, 1.54) is 4.31 Å². The molecule has 1 aliphatic heterocycles. The van der Waals surface area contributed by atoms with Crippen LogP contribution in [-0.2, 0) is 14.8 Å². The zero-order valence-corrected chi connectivity index (χ0v) is 17.0. The molecule has 0 bridgehead atoms. The summed E-state index contributed by atoms with van der Waals surface area (Å²) in [6, 6.07) is 14.4. The minimum Gasteiger partial charge on any atom is -0.484 e. The molecule has 0 radical (unpaired) electrons. The average Bonchev–Trinajstić information content (AvgIpc) is 2.68. The number of rotatable bonds is 6. The molecular formula is C21H26N2O4S. The molecule has 150 valence electrons. The Balaban J connectivity index is 1.49. The molecule has 0 saturated carbocycles. The lowest BCUT2D eigenvalue weighted by molar-refractivity contribution is -0.124. The van der Waals surface area contributed by atoms with Crippen molar-refractivity contribution in [2.75, 3.05) is 19.7 Å². The van der Waals surface area contributed by atoms with E-state index in [-0.39, 0.29) is 18.6 Å². The Labute approximate surface area is 166 Å². The third-order valence-corrected chi connectivity index (χ3v) is 6.84. The highest BCUT2D eigenvalue weighted by atomic mass is 32.2. The molecule has 0 aliphatic carbocycles. The first-order chi connectivity index (χ1) is 13.4. The second kappa shape index (κ2) is 8.75. The number of hydrogen-bond acceptors (Lipinski definition) is 4. The topological polar surface area (TPSA) is 75.7 Å². The molecule has 0 atom stereocenters. The fourth-order valence-corrected chi connectivity index (χ4v) is 4.70. The Hall–Kier alpha value is -2.38. The van der Waals surface area contributed by atoms with Crippen LogP contribution in [0.15, 0.2) is 53.4 Å². The van der Waals surface area contributed by atoms with Gasteiger partial charge in [-0.3, -0.25) is 4.79 Å². The summed E-state index contributed by atoms with van der Waals surface area (Å²) >= 11 is 0. The monoisotopic (exact) mass is 402 g/mol. The van der Waals surface area contributed by atoms with E-state index in [2.05, 4.69) is 5.32 Å². The maximum absolute atomic E-state index is 12.7. The summed E-state index contributed by atoms with van der Waals surface area (Å²) in [6.45, 7) is 4.58. The van der Waals surface area contributed by atoms with Gasteiger partial charge in [-0.15, -0.1) is 0 Å². The largest absolute Gasteiger partial charge is 0.484 e. The highest BCUT2D eigenvalue weighted by Gasteiger charge is 2.29. The van der Waals surface area contributed by atoms with Crippen molar-refractivity contribution in [2.45, 2.75) is 37.6 Å². The number of benzene rings is 2. The number of nitrogens with zero attached hydrogens (tertiary/aromatic N) is 1. The molecule has 0 spiro atoms. The van der Waals surface area contributed by atoms with Gasteiger partial charge in [0.25, 0.3) is 5.91 Å². The zero-order chi connectivity index (χ0) is 20.1. The smallest absolute Gasteiger partial charge is 0.258 e. The quantitative estimate of drug-likeness (QED) is 0.806. The standard InChI is InChI=1S/C21H26N2O4S/c1-16-7-9-19(10-8-16)28(25,26)23-13-11-18(12-14-23)22-21(24)15-27-20-6-4-3-5-17(20)2/h3-10,18H,11-15H2,1-2H3,(H,22,24). The number of carbonyl (C=O) groups is 1. The predicted octanol–water partition coefficient (Wildman–Crippen LogP) is 2.65. The van der Waals surface area contributed by atoms with Gasteiger partial charge >= 0.3 is 0 Å². The Kier molecular flexibility index (Phi) is 6.36. The van der Waals surface area contributed by atoms with Crippen molar-refractivity contribution < 1.29 is 17.9 Å². The molecule has 1 N–H and O–H groups in total. The van der Waals surface area contributed by atoms with E-state index < -0.39 is 10.0 Å². The van der Waals surface area contributed by atoms with Crippen molar-refractivity contribution >= 4 is 15.9 Å². The van der Waals surface area contributed by atoms with Crippen LogP contribution in [0.1, 0.15) is 24.0 Å². The minimum atomic E-state index is -3.49. The molecule has 0 aromatic heterocycles. The van der Waals surface area contributed by atoms with Gasteiger partial charge in [0.15, 0.2) is 6.61 Å². The number of para-hydroxylation sites is 1. The van der Waals surface area contributed by atoms with Crippen LogP contribution in [0.25, 0.3) is 0 Å². The molecule has 2 aromatic carbocycles. The molecule has 7 heteroatoms. The molecular weight excluding hydrogens is 376 g/mol. The molecule has 2 aromatic rings. The Morgan fingerprint density at radius 3 is 2.36 bits per heavy atom. The van der Waals surface area contributed by atoms with Gasteiger partial charge in [-0.25, -0.2) is 8.42 Å². The van der Waals surface area contributed by atoms with Crippen molar-refractivity contribution in [3.63, 3.8) is 0 Å². The lowest BCUT2D eigenvalue weighted by atomic mass is 10.1. The number of ether oxygens (including phenoxy) is 1. The number of amides is 1. The number of carbonyl (C=O) groups excluding carboxylic acids is 1. The lowest BCUT2D eigenvalue weighted by Gasteiger charge is -2.31. The van der Waals surface area contributed by atoms with Crippen molar-refractivity contribution in [1.82, 2.24) is 9.62 Å². The highest BCUT2D eigenvalue weighted by molar-refractivity contribution is 7.89. The third kappa shape index (κ3) is 4.91. The Bertz CT molecular complexity index is 918. The van der Waals surface area contributed by atoms with Crippen molar-refractivity contribution in [1.29, 1.82) is 0 Å². The average molecular weight is 403 g/mol. The fraction of sp³-hybridized carbons (Fsp3) is 0.381. The van der Waals surface area contributed by atoms with Crippen LogP contribution >= 0.6 is 0 Å². The van der Waals surface area contributed by atoms with E-state index in [1.54, 1.807) is 24.3 Å². The van der Waals surface area contributed by atoms with Crippen LogP contribution in [0.4, 0.5) is 0 Å². The summed E-state index contributed by atoms with van der Waals surface area (Å²) in [4.78, 5) is 12.5. The second-order valence-electron chi connectivity index (χ2n) is 7.11. The normalized spacial score (nSPS) is 15.9. The summed E-state index contributed by atoms with van der Waals surface area (Å²) in [6.07, 6.45) is 1.17. The first kappa shape index (κ1) is 20.4. The maximum Gasteiger partial charge on any atom is 0.258 e. The van der Waals surface area contributed by atoms with Gasteiger partial charge in [0.1, 0.15) is 5.75 Å². The number of nitrogens with one attached hydrogen (secondary N) is 1. The Morgan fingerprint density at radius 1 is 1.07 bits per heavy atom. The fourth-order valence-electron chi connectivity index (χ4n) is 3.23. The second-order valence-corrected chi connectivity index (χ2v) is 9.05. The van der Waals surface area contributed by atoms with E-state index in [0.717, 1.165) is 11.1 Å². The van der Waals surface area contributed by atoms with E-state index in [9.17, 15) is 13.2 Å². The molecule has 1 fully saturated rings. The van der Waals surface area contributed by atoms with Crippen LogP contribution in [0.3, 0.4) is 0 Å². The van der Waals surface area contributed by atoms with Crippen LogP contribution in [0, 0.1) is 13.8 Å². The maximum atomic E-state index is 12.7. The minimum absolute atomic E-state index is 0.0440. The molecule has 1 aliphatic rings. The van der Waals surface area contributed by atoms with Crippen molar-refractivity contribution in [3.05, 3.63) is 59.7 Å². The molecule has 1 amide bonds. The van der Waals surface area contributed by atoms with Crippen LogP contribution in [0.2, 0.25) is 0 Å². The van der Waals surface area contributed by atoms with Crippen LogP contribution < -0.4 is 10.1 Å². The molecule has 0 unspecified atom stereocenters. The highest BCUT2D eigenvalue weighted by Crippen LogP contribution is 2.21. The molecule has 1 saturated heterocycles. The molecule has 6 nitrogen and oxygen atoms in total. The lowest BCUT2D eigenvalue weighted by Crippen LogP contribution is -2.47.